The minimum absolute atomic E-state index is 0.0140. The van der Waals surface area contributed by atoms with Gasteiger partial charge in [0.2, 0.25) is 0 Å². The summed E-state index contributed by atoms with van der Waals surface area (Å²) in [4.78, 5) is 11.1. The zero-order valence-corrected chi connectivity index (χ0v) is 9.07. The van der Waals surface area contributed by atoms with Crippen LogP contribution in [0.2, 0.25) is 0 Å². The van der Waals surface area contributed by atoms with Gasteiger partial charge in [0.25, 0.3) is 0 Å². The van der Waals surface area contributed by atoms with E-state index in [-0.39, 0.29) is 12.6 Å². The summed E-state index contributed by atoms with van der Waals surface area (Å²) < 4.78 is 15.1. The number of carbonyl (C=O) groups excluding carboxylic acids is 1. The van der Waals surface area contributed by atoms with Crippen molar-refractivity contribution >= 4 is 5.78 Å². The van der Waals surface area contributed by atoms with Crippen molar-refractivity contribution in [3.05, 3.63) is 23.8 Å². The lowest BCUT2D eigenvalue weighted by Gasteiger charge is -2.10. The summed E-state index contributed by atoms with van der Waals surface area (Å²) in [6.45, 7) is 1.62. The number of hydrogen-bond donors (Lipinski definition) is 0. The van der Waals surface area contributed by atoms with E-state index in [1.807, 2.05) is 0 Å². The third kappa shape index (κ3) is 2.95. The summed E-state index contributed by atoms with van der Waals surface area (Å²) in [5, 5.41) is 0. The van der Waals surface area contributed by atoms with Gasteiger partial charge in [-0.1, -0.05) is 0 Å². The van der Waals surface area contributed by atoms with Crippen LogP contribution < -0.4 is 9.47 Å². The predicted molar refractivity (Wildman–Crippen MR) is 55.5 cm³/mol. The van der Waals surface area contributed by atoms with Gasteiger partial charge in [-0.2, -0.15) is 0 Å². The molecule has 4 nitrogen and oxygen atoms in total. The fourth-order valence-corrected chi connectivity index (χ4v) is 1.13. The van der Waals surface area contributed by atoms with Crippen LogP contribution in [0.5, 0.6) is 11.5 Å². The van der Waals surface area contributed by atoms with E-state index in [1.165, 1.54) is 14.0 Å². The molecule has 0 aliphatic rings. The molecule has 82 valence electrons. The van der Waals surface area contributed by atoms with Gasteiger partial charge in [0.15, 0.2) is 24.1 Å². The molecule has 0 aliphatic carbocycles. The van der Waals surface area contributed by atoms with Gasteiger partial charge in [0.05, 0.1) is 7.11 Å². The fraction of sp³-hybridized carbons (Fsp3) is 0.364. The standard InChI is InChI=1S/C11H14O4/c1-8(12)9-4-5-10(14-3)11(6-9)15-7-13-2/h4-6H,7H2,1-3H3. The molecule has 4 heteroatoms. The molecule has 0 bridgehead atoms. The van der Waals surface area contributed by atoms with Crippen LogP contribution >= 0.6 is 0 Å². The quantitative estimate of drug-likeness (QED) is 0.550. The van der Waals surface area contributed by atoms with Crippen molar-refractivity contribution in [3.8, 4) is 11.5 Å². The molecule has 0 aliphatic heterocycles. The molecule has 0 radical (unpaired) electrons. The van der Waals surface area contributed by atoms with E-state index < -0.39 is 0 Å². The van der Waals surface area contributed by atoms with E-state index in [0.717, 1.165) is 0 Å². The van der Waals surface area contributed by atoms with Gasteiger partial charge in [-0.25, -0.2) is 0 Å². The second kappa shape index (κ2) is 5.36. The molecule has 0 spiro atoms. The molecule has 0 fully saturated rings. The number of rotatable bonds is 5. The van der Waals surface area contributed by atoms with Crippen molar-refractivity contribution in [1.29, 1.82) is 0 Å². The number of Topliss-reactive ketones (excluding diaryl/α,β-unsaturated/α-hetero) is 1. The molecule has 0 N–H and O–H groups in total. The summed E-state index contributed by atoms with van der Waals surface area (Å²) in [7, 11) is 3.07. The Balaban J connectivity index is 2.96. The summed E-state index contributed by atoms with van der Waals surface area (Å²) in [5.41, 5.74) is 0.585. The van der Waals surface area contributed by atoms with Crippen LogP contribution in [-0.2, 0) is 4.74 Å². The molecule has 1 aromatic carbocycles. The highest BCUT2D eigenvalue weighted by atomic mass is 16.7. The van der Waals surface area contributed by atoms with Crippen LogP contribution in [0.3, 0.4) is 0 Å². The number of ketones is 1. The minimum atomic E-state index is -0.0140. The van der Waals surface area contributed by atoms with Crippen LogP contribution in [0.25, 0.3) is 0 Å². The molecular weight excluding hydrogens is 196 g/mol. The van der Waals surface area contributed by atoms with Gasteiger partial charge in [-0.3, -0.25) is 4.79 Å². The highest BCUT2D eigenvalue weighted by Crippen LogP contribution is 2.28. The Morgan fingerprint density at radius 1 is 1.27 bits per heavy atom. The molecule has 0 saturated carbocycles. The minimum Gasteiger partial charge on any atom is -0.493 e. The Morgan fingerprint density at radius 2 is 2.00 bits per heavy atom. The van der Waals surface area contributed by atoms with E-state index >= 15 is 0 Å². The van der Waals surface area contributed by atoms with E-state index in [4.69, 9.17) is 14.2 Å². The Labute approximate surface area is 88.8 Å². The van der Waals surface area contributed by atoms with Crippen molar-refractivity contribution in [1.82, 2.24) is 0 Å². The third-order valence-electron chi connectivity index (χ3n) is 1.90. The molecule has 15 heavy (non-hydrogen) atoms. The molecule has 0 atom stereocenters. The normalized spacial score (nSPS) is 9.80. The first-order valence-corrected chi connectivity index (χ1v) is 4.49. The van der Waals surface area contributed by atoms with E-state index in [9.17, 15) is 4.79 Å². The van der Waals surface area contributed by atoms with Crippen molar-refractivity contribution in [2.24, 2.45) is 0 Å². The fourth-order valence-electron chi connectivity index (χ4n) is 1.13. The Hall–Kier alpha value is -1.55. The first kappa shape index (κ1) is 11.5. The number of benzene rings is 1. The number of ether oxygens (including phenoxy) is 3. The van der Waals surface area contributed by atoms with Crippen molar-refractivity contribution in [3.63, 3.8) is 0 Å². The van der Waals surface area contributed by atoms with Crippen LogP contribution in [0, 0.1) is 0 Å². The van der Waals surface area contributed by atoms with Gasteiger partial charge < -0.3 is 14.2 Å². The summed E-state index contributed by atoms with van der Waals surface area (Å²) >= 11 is 0. The lowest BCUT2D eigenvalue weighted by Crippen LogP contribution is -2.02. The van der Waals surface area contributed by atoms with Crippen LogP contribution in [0.1, 0.15) is 17.3 Å². The number of carbonyl (C=O) groups is 1. The predicted octanol–water partition coefficient (Wildman–Crippen LogP) is 1.88. The largest absolute Gasteiger partial charge is 0.493 e. The molecular formula is C11H14O4. The third-order valence-corrected chi connectivity index (χ3v) is 1.90. The SMILES string of the molecule is COCOc1cc(C(C)=O)ccc1OC. The molecule has 0 unspecified atom stereocenters. The second-order valence-electron chi connectivity index (χ2n) is 2.97. The van der Waals surface area contributed by atoms with Crippen LogP contribution in [-0.4, -0.2) is 26.8 Å². The monoisotopic (exact) mass is 210 g/mol. The van der Waals surface area contributed by atoms with Gasteiger partial charge in [0, 0.05) is 12.7 Å². The van der Waals surface area contributed by atoms with Gasteiger partial charge in [-0.15, -0.1) is 0 Å². The summed E-state index contributed by atoms with van der Waals surface area (Å²) in [6, 6.07) is 5.03. The molecule has 0 saturated heterocycles. The highest BCUT2D eigenvalue weighted by molar-refractivity contribution is 5.94. The molecule has 0 aromatic heterocycles. The zero-order valence-electron chi connectivity index (χ0n) is 9.07. The molecule has 1 aromatic rings. The van der Waals surface area contributed by atoms with Gasteiger partial charge >= 0.3 is 0 Å². The van der Waals surface area contributed by atoms with E-state index in [2.05, 4.69) is 0 Å². The maximum absolute atomic E-state index is 11.1. The van der Waals surface area contributed by atoms with Gasteiger partial charge in [0.1, 0.15) is 0 Å². The maximum Gasteiger partial charge on any atom is 0.188 e. The topological polar surface area (TPSA) is 44.8 Å². The highest BCUT2D eigenvalue weighted by Gasteiger charge is 2.07. The number of hydrogen-bond acceptors (Lipinski definition) is 4. The smallest absolute Gasteiger partial charge is 0.188 e. The summed E-state index contributed by atoms with van der Waals surface area (Å²) in [6.07, 6.45) is 0. The van der Waals surface area contributed by atoms with Crippen LogP contribution in [0.15, 0.2) is 18.2 Å². The summed E-state index contributed by atoms with van der Waals surface area (Å²) in [5.74, 6) is 1.07. The van der Waals surface area contributed by atoms with Crippen molar-refractivity contribution < 1.29 is 19.0 Å². The van der Waals surface area contributed by atoms with Gasteiger partial charge in [-0.05, 0) is 25.1 Å². The Bertz CT molecular complexity index is 346. The lowest BCUT2D eigenvalue weighted by molar-refractivity contribution is 0.0490. The maximum atomic E-state index is 11.1. The first-order valence-electron chi connectivity index (χ1n) is 4.49. The van der Waals surface area contributed by atoms with Crippen molar-refractivity contribution in [2.45, 2.75) is 6.92 Å². The Morgan fingerprint density at radius 3 is 2.53 bits per heavy atom. The second-order valence-corrected chi connectivity index (χ2v) is 2.97. The molecule has 1 rings (SSSR count). The molecule has 0 amide bonds. The first-order chi connectivity index (χ1) is 7.19. The van der Waals surface area contributed by atoms with Crippen molar-refractivity contribution in [2.75, 3.05) is 21.0 Å². The van der Waals surface area contributed by atoms with Crippen LogP contribution in [0.4, 0.5) is 0 Å². The zero-order chi connectivity index (χ0) is 11.3. The lowest BCUT2D eigenvalue weighted by atomic mass is 10.1. The molecule has 0 heterocycles. The van der Waals surface area contributed by atoms with E-state index in [1.54, 1.807) is 25.3 Å². The average molecular weight is 210 g/mol. The number of methoxy groups -OCH3 is 2. The van der Waals surface area contributed by atoms with E-state index in [0.29, 0.717) is 17.1 Å². The average Bonchev–Trinajstić information content (AvgIpc) is 2.25. The Kier molecular flexibility index (Phi) is 4.12.